The molecule has 3 rings (SSSR count). The van der Waals surface area contributed by atoms with Gasteiger partial charge in [-0.25, -0.2) is 8.42 Å². The highest BCUT2D eigenvalue weighted by atomic mass is 32.2. The minimum Gasteiger partial charge on any atom is -0.350 e. The molecule has 0 saturated carbocycles. The van der Waals surface area contributed by atoms with Crippen LogP contribution in [0.25, 0.3) is 0 Å². The SMILES string of the molecule is C[C@@H](CCc1ccccc1)NC(=O)c1cccc(S(=O)(=O)N2CCCCCC2)c1. The Hall–Kier alpha value is -2.18. The van der Waals surface area contributed by atoms with E-state index in [1.54, 1.807) is 22.5 Å². The summed E-state index contributed by atoms with van der Waals surface area (Å²) in [5.74, 6) is -0.238. The maximum absolute atomic E-state index is 13.0. The Balaban J connectivity index is 1.64. The molecule has 1 aliphatic rings. The standard InChI is InChI=1S/C23H30N2O3S/c1-19(14-15-20-10-5-4-6-11-20)24-23(26)21-12-9-13-22(18-21)29(27,28)25-16-7-2-3-8-17-25/h4-6,9-13,18-19H,2-3,7-8,14-17H2,1H3,(H,24,26)/t19-/m0/s1. The molecule has 0 spiro atoms. The summed E-state index contributed by atoms with van der Waals surface area (Å²) >= 11 is 0. The quantitative estimate of drug-likeness (QED) is 0.745. The first-order valence-corrected chi connectivity index (χ1v) is 11.9. The zero-order valence-corrected chi connectivity index (χ0v) is 17.8. The van der Waals surface area contributed by atoms with Crippen LogP contribution in [0.5, 0.6) is 0 Å². The number of hydrogen-bond donors (Lipinski definition) is 1. The van der Waals surface area contributed by atoms with Crippen molar-refractivity contribution in [2.75, 3.05) is 13.1 Å². The summed E-state index contributed by atoms with van der Waals surface area (Å²) in [6, 6.07) is 16.5. The lowest BCUT2D eigenvalue weighted by atomic mass is 10.1. The van der Waals surface area contributed by atoms with E-state index >= 15 is 0 Å². The van der Waals surface area contributed by atoms with Gasteiger partial charge in [0.15, 0.2) is 0 Å². The summed E-state index contributed by atoms with van der Waals surface area (Å²) in [6.07, 6.45) is 5.61. The second-order valence-electron chi connectivity index (χ2n) is 7.74. The van der Waals surface area contributed by atoms with Crippen LogP contribution in [0, 0.1) is 0 Å². The molecule has 2 aromatic carbocycles. The number of hydrogen-bond acceptors (Lipinski definition) is 3. The largest absolute Gasteiger partial charge is 0.350 e. The number of rotatable bonds is 7. The van der Waals surface area contributed by atoms with Crippen LogP contribution in [0.2, 0.25) is 0 Å². The average Bonchev–Trinajstić information content (AvgIpc) is 3.03. The summed E-state index contributed by atoms with van der Waals surface area (Å²) < 4.78 is 27.5. The number of nitrogens with zero attached hydrogens (tertiary/aromatic N) is 1. The van der Waals surface area contributed by atoms with Crippen LogP contribution in [0.4, 0.5) is 0 Å². The highest BCUT2D eigenvalue weighted by molar-refractivity contribution is 7.89. The normalized spacial score (nSPS) is 16.7. The summed E-state index contributed by atoms with van der Waals surface area (Å²) in [6.45, 7) is 3.07. The second kappa shape index (κ2) is 10.0. The first-order chi connectivity index (χ1) is 14.0. The molecule has 2 aromatic rings. The zero-order chi connectivity index (χ0) is 20.7. The summed E-state index contributed by atoms with van der Waals surface area (Å²) in [5, 5.41) is 2.99. The number of sulfonamides is 1. The van der Waals surface area contributed by atoms with Crippen LogP contribution < -0.4 is 5.32 Å². The Morgan fingerprint density at radius 1 is 1.00 bits per heavy atom. The van der Waals surface area contributed by atoms with Crippen LogP contribution in [0.15, 0.2) is 59.5 Å². The molecule has 5 nitrogen and oxygen atoms in total. The van der Waals surface area contributed by atoms with Gasteiger partial charge in [-0.05, 0) is 56.4 Å². The Kier molecular flexibility index (Phi) is 7.45. The van der Waals surface area contributed by atoms with Crippen molar-refractivity contribution in [3.63, 3.8) is 0 Å². The third-order valence-electron chi connectivity index (χ3n) is 5.39. The molecular formula is C23H30N2O3S. The van der Waals surface area contributed by atoms with Crippen LogP contribution in [0.1, 0.15) is 54.9 Å². The maximum atomic E-state index is 13.0. The Bertz CT molecular complexity index is 905. The monoisotopic (exact) mass is 414 g/mol. The number of carbonyl (C=O) groups excluding carboxylic acids is 1. The minimum absolute atomic E-state index is 0.00595. The van der Waals surface area contributed by atoms with E-state index < -0.39 is 10.0 Å². The van der Waals surface area contributed by atoms with Crippen molar-refractivity contribution >= 4 is 15.9 Å². The van der Waals surface area contributed by atoms with E-state index in [-0.39, 0.29) is 16.8 Å². The number of benzene rings is 2. The fourth-order valence-corrected chi connectivity index (χ4v) is 5.20. The van der Waals surface area contributed by atoms with Gasteiger partial charge in [0.2, 0.25) is 10.0 Å². The Morgan fingerprint density at radius 2 is 1.69 bits per heavy atom. The highest BCUT2D eigenvalue weighted by Gasteiger charge is 2.25. The number of carbonyl (C=O) groups is 1. The van der Waals surface area contributed by atoms with Gasteiger partial charge in [0.25, 0.3) is 5.91 Å². The molecule has 1 fully saturated rings. The number of nitrogens with one attached hydrogen (secondary N) is 1. The van der Waals surface area contributed by atoms with Gasteiger partial charge in [0.1, 0.15) is 0 Å². The molecule has 0 aliphatic carbocycles. The molecule has 1 aliphatic heterocycles. The lowest BCUT2D eigenvalue weighted by molar-refractivity contribution is 0.0938. The molecule has 1 atom stereocenters. The van der Waals surface area contributed by atoms with E-state index in [9.17, 15) is 13.2 Å². The van der Waals surface area contributed by atoms with E-state index in [2.05, 4.69) is 17.4 Å². The molecule has 1 saturated heterocycles. The first-order valence-electron chi connectivity index (χ1n) is 10.4. The summed E-state index contributed by atoms with van der Waals surface area (Å²) in [4.78, 5) is 12.9. The van der Waals surface area contributed by atoms with Crippen LogP contribution in [-0.2, 0) is 16.4 Å². The molecule has 156 valence electrons. The predicted octanol–water partition coefficient (Wildman–Crippen LogP) is 4.00. The molecule has 0 aromatic heterocycles. The lowest BCUT2D eigenvalue weighted by Crippen LogP contribution is -2.34. The molecule has 0 bridgehead atoms. The third-order valence-corrected chi connectivity index (χ3v) is 7.28. The molecule has 0 unspecified atom stereocenters. The van der Waals surface area contributed by atoms with Crippen molar-refractivity contribution < 1.29 is 13.2 Å². The topological polar surface area (TPSA) is 66.5 Å². The van der Waals surface area contributed by atoms with Crippen LogP contribution in [-0.4, -0.2) is 37.8 Å². The average molecular weight is 415 g/mol. The number of amides is 1. The fourth-order valence-electron chi connectivity index (χ4n) is 3.64. The van der Waals surface area contributed by atoms with E-state index in [1.807, 2.05) is 25.1 Å². The van der Waals surface area contributed by atoms with Gasteiger partial charge in [-0.2, -0.15) is 4.31 Å². The van der Waals surface area contributed by atoms with Gasteiger partial charge in [0.05, 0.1) is 4.90 Å². The summed E-state index contributed by atoms with van der Waals surface area (Å²) in [7, 11) is -3.56. The minimum atomic E-state index is -3.56. The van der Waals surface area contributed by atoms with E-state index in [0.717, 1.165) is 38.5 Å². The molecular weight excluding hydrogens is 384 g/mol. The predicted molar refractivity (Wildman–Crippen MR) is 115 cm³/mol. The Morgan fingerprint density at radius 3 is 2.38 bits per heavy atom. The fraction of sp³-hybridized carbons (Fsp3) is 0.435. The number of aryl methyl sites for hydroxylation is 1. The van der Waals surface area contributed by atoms with Gasteiger partial charge in [-0.3, -0.25) is 4.79 Å². The molecule has 1 amide bonds. The van der Waals surface area contributed by atoms with E-state index in [0.29, 0.717) is 18.7 Å². The van der Waals surface area contributed by atoms with E-state index in [4.69, 9.17) is 0 Å². The maximum Gasteiger partial charge on any atom is 0.251 e. The van der Waals surface area contributed by atoms with Gasteiger partial charge in [0, 0.05) is 24.7 Å². The van der Waals surface area contributed by atoms with Crippen molar-refractivity contribution in [3.05, 3.63) is 65.7 Å². The zero-order valence-electron chi connectivity index (χ0n) is 17.0. The Labute approximate surface area is 174 Å². The van der Waals surface area contributed by atoms with Crippen molar-refractivity contribution in [1.82, 2.24) is 9.62 Å². The van der Waals surface area contributed by atoms with Crippen molar-refractivity contribution in [1.29, 1.82) is 0 Å². The van der Waals surface area contributed by atoms with Crippen LogP contribution >= 0.6 is 0 Å². The van der Waals surface area contributed by atoms with Gasteiger partial charge in [-0.1, -0.05) is 49.2 Å². The smallest absolute Gasteiger partial charge is 0.251 e. The van der Waals surface area contributed by atoms with Gasteiger partial charge < -0.3 is 5.32 Å². The molecule has 1 heterocycles. The third kappa shape index (κ3) is 5.90. The van der Waals surface area contributed by atoms with Crippen molar-refractivity contribution in [2.24, 2.45) is 0 Å². The van der Waals surface area contributed by atoms with Crippen LogP contribution in [0.3, 0.4) is 0 Å². The van der Waals surface area contributed by atoms with Crippen molar-refractivity contribution in [2.45, 2.75) is 56.4 Å². The van der Waals surface area contributed by atoms with E-state index in [1.165, 1.54) is 11.6 Å². The second-order valence-corrected chi connectivity index (χ2v) is 9.68. The van der Waals surface area contributed by atoms with Gasteiger partial charge in [-0.15, -0.1) is 0 Å². The molecule has 0 radical (unpaired) electrons. The molecule has 6 heteroatoms. The first kappa shape index (κ1) is 21.5. The molecule has 29 heavy (non-hydrogen) atoms. The van der Waals surface area contributed by atoms with Gasteiger partial charge >= 0.3 is 0 Å². The van der Waals surface area contributed by atoms with Crippen molar-refractivity contribution in [3.8, 4) is 0 Å². The molecule has 1 N–H and O–H groups in total. The highest BCUT2D eigenvalue weighted by Crippen LogP contribution is 2.21. The lowest BCUT2D eigenvalue weighted by Gasteiger charge is -2.20. The summed E-state index contributed by atoms with van der Waals surface area (Å²) in [5.41, 5.74) is 1.62.